The second-order valence-corrected chi connectivity index (χ2v) is 5.40. The lowest BCUT2D eigenvalue weighted by Gasteiger charge is -2.09. The van der Waals surface area contributed by atoms with Gasteiger partial charge in [-0.05, 0) is 42.5 Å². The Morgan fingerprint density at radius 3 is 2.62 bits per heavy atom. The Morgan fingerprint density at radius 2 is 1.88 bits per heavy atom. The first-order chi connectivity index (χ1) is 12.7. The molecule has 1 heterocycles. The van der Waals surface area contributed by atoms with Gasteiger partial charge in [-0.3, -0.25) is 4.79 Å². The molecule has 3 rings (SSSR count). The van der Waals surface area contributed by atoms with E-state index >= 15 is 0 Å². The van der Waals surface area contributed by atoms with Gasteiger partial charge in [-0.15, -0.1) is 0 Å². The lowest BCUT2D eigenvalue weighted by atomic mass is 10.2. The maximum Gasteiger partial charge on any atom is 0.262 e. The van der Waals surface area contributed by atoms with Crippen LogP contribution in [0.5, 0.6) is 5.75 Å². The number of carbonyl (C=O) groups excluding carboxylic acids is 1. The number of aromatic nitrogens is 1. The van der Waals surface area contributed by atoms with Crippen molar-refractivity contribution in [2.75, 3.05) is 17.2 Å². The molecule has 0 saturated carbocycles. The van der Waals surface area contributed by atoms with Crippen molar-refractivity contribution >= 4 is 23.1 Å². The quantitative estimate of drug-likeness (QED) is 0.712. The van der Waals surface area contributed by atoms with E-state index in [2.05, 4.69) is 21.7 Å². The van der Waals surface area contributed by atoms with Crippen LogP contribution in [-0.2, 0) is 4.79 Å². The molecule has 2 aromatic carbocycles. The van der Waals surface area contributed by atoms with Crippen molar-refractivity contribution in [3.63, 3.8) is 0 Å². The average Bonchev–Trinajstić information content (AvgIpc) is 2.69. The van der Waals surface area contributed by atoms with Crippen LogP contribution in [0.25, 0.3) is 0 Å². The van der Waals surface area contributed by atoms with Gasteiger partial charge in [0.15, 0.2) is 6.61 Å². The number of hydrogen-bond donors (Lipinski definition) is 2. The van der Waals surface area contributed by atoms with Crippen molar-refractivity contribution in [2.24, 2.45) is 0 Å². The molecule has 0 spiro atoms. The maximum atomic E-state index is 11.9. The normalized spacial score (nSPS) is 9.81. The highest BCUT2D eigenvalue weighted by Crippen LogP contribution is 2.17. The van der Waals surface area contributed by atoms with Crippen LogP contribution < -0.4 is 15.4 Å². The minimum atomic E-state index is -0.266. The summed E-state index contributed by atoms with van der Waals surface area (Å²) in [5.74, 6) is 0.983. The van der Waals surface area contributed by atoms with Crippen LogP contribution in [0.2, 0.25) is 0 Å². The van der Waals surface area contributed by atoms with Gasteiger partial charge in [0.05, 0.1) is 23.5 Å². The molecule has 0 aliphatic heterocycles. The molecule has 2 N–H and O–H groups in total. The minimum absolute atomic E-state index is 0.0784. The van der Waals surface area contributed by atoms with E-state index in [1.54, 1.807) is 48.7 Å². The summed E-state index contributed by atoms with van der Waals surface area (Å²) in [5, 5.41) is 14.8. The molecule has 1 amide bonds. The summed E-state index contributed by atoms with van der Waals surface area (Å²) in [5.41, 5.74) is 1.91. The highest BCUT2D eigenvalue weighted by molar-refractivity contribution is 5.91. The topological polar surface area (TPSA) is 87.0 Å². The van der Waals surface area contributed by atoms with E-state index < -0.39 is 0 Å². The van der Waals surface area contributed by atoms with Crippen molar-refractivity contribution in [2.45, 2.75) is 0 Å². The Kier molecular flexibility index (Phi) is 5.43. The zero-order chi connectivity index (χ0) is 18.2. The molecule has 26 heavy (non-hydrogen) atoms. The van der Waals surface area contributed by atoms with Crippen molar-refractivity contribution in [1.29, 1.82) is 5.26 Å². The van der Waals surface area contributed by atoms with Gasteiger partial charge in [0.25, 0.3) is 5.91 Å². The number of anilines is 3. The number of rotatable bonds is 6. The highest BCUT2D eigenvalue weighted by atomic mass is 16.5. The van der Waals surface area contributed by atoms with Crippen LogP contribution in [0.1, 0.15) is 5.56 Å². The Morgan fingerprint density at radius 1 is 1.04 bits per heavy atom. The van der Waals surface area contributed by atoms with E-state index in [0.717, 1.165) is 5.69 Å². The number of pyridine rings is 1. The summed E-state index contributed by atoms with van der Waals surface area (Å²) < 4.78 is 5.39. The summed E-state index contributed by atoms with van der Waals surface area (Å²) in [6, 6.07) is 21.8. The molecule has 0 aliphatic carbocycles. The van der Waals surface area contributed by atoms with Gasteiger partial charge in [-0.25, -0.2) is 4.98 Å². The molecule has 0 radical (unpaired) electrons. The molecule has 0 aliphatic rings. The van der Waals surface area contributed by atoms with Crippen molar-refractivity contribution in [3.05, 3.63) is 78.5 Å². The summed E-state index contributed by atoms with van der Waals surface area (Å²) >= 11 is 0. The summed E-state index contributed by atoms with van der Waals surface area (Å²) in [6.07, 6.45) is 1.55. The van der Waals surface area contributed by atoms with Crippen LogP contribution in [-0.4, -0.2) is 17.5 Å². The minimum Gasteiger partial charge on any atom is -0.484 e. The number of nitrogens with zero attached hydrogens (tertiary/aromatic N) is 2. The number of hydrogen-bond acceptors (Lipinski definition) is 5. The first kappa shape index (κ1) is 17.0. The molecule has 1 aromatic heterocycles. The van der Waals surface area contributed by atoms with Gasteiger partial charge in [-0.2, -0.15) is 5.26 Å². The van der Waals surface area contributed by atoms with Crippen LogP contribution in [0.15, 0.2) is 72.9 Å². The molecule has 0 bridgehead atoms. The van der Waals surface area contributed by atoms with Gasteiger partial charge in [0, 0.05) is 5.69 Å². The number of para-hydroxylation sites is 1. The summed E-state index contributed by atoms with van der Waals surface area (Å²) in [6.45, 7) is -0.0784. The molecule has 6 heteroatoms. The lowest BCUT2D eigenvalue weighted by molar-refractivity contribution is -0.118. The Labute approximate surface area is 151 Å². The molecule has 0 atom stereocenters. The molecule has 0 unspecified atom stereocenters. The number of benzene rings is 2. The van der Waals surface area contributed by atoms with Crippen LogP contribution >= 0.6 is 0 Å². The van der Waals surface area contributed by atoms with Crippen molar-refractivity contribution in [1.82, 2.24) is 4.98 Å². The number of nitrogens with one attached hydrogen (secondary N) is 2. The number of nitriles is 1. The highest BCUT2D eigenvalue weighted by Gasteiger charge is 2.05. The third kappa shape index (κ3) is 4.82. The fraction of sp³-hybridized carbons (Fsp3) is 0.0500. The zero-order valence-corrected chi connectivity index (χ0v) is 13.8. The molecule has 6 nitrogen and oxygen atoms in total. The van der Waals surface area contributed by atoms with Crippen molar-refractivity contribution < 1.29 is 9.53 Å². The predicted octanol–water partition coefficient (Wildman–Crippen LogP) is 3.71. The Balaban J connectivity index is 1.54. The van der Waals surface area contributed by atoms with Crippen LogP contribution in [0.4, 0.5) is 17.2 Å². The summed E-state index contributed by atoms with van der Waals surface area (Å²) in [4.78, 5) is 16.2. The molecular formula is C20H16N4O2. The largest absolute Gasteiger partial charge is 0.484 e. The third-order valence-electron chi connectivity index (χ3n) is 3.42. The lowest BCUT2D eigenvalue weighted by Crippen LogP contribution is -2.20. The van der Waals surface area contributed by atoms with Gasteiger partial charge in [0.2, 0.25) is 0 Å². The molecule has 128 valence electrons. The first-order valence-electron chi connectivity index (χ1n) is 7.94. The predicted molar refractivity (Wildman–Crippen MR) is 99.2 cm³/mol. The Bertz CT molecular complexity index is 919. The maximum absolute atomic E-state index is 11.9. The second-order valence-electron chi connectivity index (χ2n) is 5.40. The molecule has 0 saturated heterocycles. The van der Waals surface area contributed by atoms with Gasteiger partial charge in [-0.1, -0.05) is 24.3 Å². The SMILES string of the molecule is N#Cc1cccc(Nc2ccc(NC(=O)COc3ccccc3)cn2)c1. The fourth-order valence-electron chi connectivity index (χ4n) is 2.22. The smallest absolute Gasteiger partial charge is 0.262 e. The standard InChI is InChI=1S/C20H16N4O2/c21-12-15-5-4-6-16(11-15)23-19-10-9-17(13-22-19)24-20(25)14-26-18-7-2-1-3-8-18/h1-11,13H,14H2,(H,22,23)(H,24,25). The average molecular weight is 344 g/mol. The third-order valence-corrected chi connectivity index (χ3v) is 3.42. The Hall–Kier alpha value is -3.85. The number of ether oxygens (including phenoxy) is 1. The van der Waals surface area contributed by atoms with E-state index in [1.807, 2.05) is 24.3 Å². The van der Waals surface area contributed by atoms with E-state index in [4.69, 9.17) is 10.00 Å². The van der Waals surface area contributed by atoms with E-state index in [1.165, 1.54) is 0 Å². The first-order valence-corrected chi connectivity index (χ1v) is 7.94. The summed E-state index contributed by atoms with van der Waals surface area (Å²) in [7, 11) is 0. The van der Waals surface area contributed by atoms with E-state index in [-0.39, 0.29) is 12.5 Å². The van der Waals surface area contributed by atoms with Gasteiger partial charge in [0.1, 0.15) is 11.6 Å². The van der Waals surface area contributed by atoms with Crippen LogP contribution in [0, 0.1) is 11.3 Å². The van der Waals surface area contributed by atoms with Crippen LogP contribution in [0.3, 0.4) is 0 Å². The molecular weight excluding hydrogens is 328 g/mol. The van der Waals surface area contributed by atoms with Crippen molar-refractivity contribution in [3.8, 4) is 11.8 Å². The van der Waals surface area contributed by atoms with Gasteiger partial charge < -0.3 is 15.4 Å². The monoisotopic (exact) mass is 344 g/mol. The molecule has 3 aromatic rings. The zero-order valence-electron chi connectivity index (χ0n) is 13.8. The second kappa shape index (κ2) is 8.31. The number of carbonyl (C=O) groups is 1. The van der Waals surface area contributed by atoms with Gasteiger partial charge >= 0.3 is 0 Å². The fourth-order valence-corrected chi connectivity index (χ4v) is 2.22. The van der Waals surface area contributed by atoms with E-state index in [0.29, 0.717) is 22.8 Å². The number of amides is 1. The van der Waals surface area contributed by atoms with E-state index in [9.17, 15) is 4.79 Å². The molecule has 0 fully saturated rings.